The number of hydrogen-bond acceptors (Lipinski definition) is 4. The van der Waals surface area contributed by atoms with Gasteiger partial charge in [-0.1, -0.05) is 50.2 Å². The number of rotatable bonds is 12. The Hall–Kier alpha value is -3.62. The van der Waals surface area contributed by atoms with E-state index in [1.54, 1.807) is 0 Å². The summed E-state index contributed by atoms with van der Waals surface area (Å²) >= 11 is 0. The number of aliphatic hydroxyl groups is 1. The summed E-state index contributed by atoms with van der Waals surface area (Å²) < 4.78 is 29.6. The fourth-order valence-corrected chi connectivity index (χ4v) is 4.70. The summed E-state index contributed by atoms with van der Waals surface area (Å²) in [5.74, 6) is -0.946. The van der Waals surface area contributed by atoms with Crippen molar-refractivity contribution in [2.75, 3.05) is 6.54 Å². The van der Waals surface area contributed by atoms with Crippen LogP contribution in [0.15, 0.2) is 66.7 Å². The summed E-state index contributed by atoms with van der Waals surface area (Å²) in [6.45, 7) is 4.81. The molecule has 1 aromatic heterocycles. The number of nitrogens with one attached hydrogen (secondary N) is 2. The van der Waals surface area contributed by atoms with Gasteiger partial charge in [0.15, 0.2) is 0 Å². The standard InChI is InChI=1S/C30H34F2N4O2/c1-3-20-8-7-9-21(12-20)17-33-18-28(37)26(15-22-13-23(31)16-24(32)14-22)35-30(38)19-36-27-11-6-5-10-25(27)34-29(36)4-2/h5-14,16,26,28,33,37H,3-4,15,17-19H2,1-2H3,(H,35,38)/t26-,28-/m0/s1. The molecule has 0 bridgehead atoms. The first kappa shape index (κ1) is 27.4. The summed E-state index contributed by atoms with van der Waals surface area (Å²) in [4.78, 5) is 17.8. The molecule has 0 fully saturated rings. The number of hydrogen-bond donors (Lipinski definition) is 3. The smallest absolute Gasteiger partial charge is 0.240 e. The van der Waals surface area contributed by atoms with E-state index >= 15 is 0 Å². The van der Waals surface area contributed by atoms with Gasteiger partial charge in [0, 0.05) is 25.6 Å². The molecule has 3 N–H and O–H groups in total. The Morgan fingerprint density at radius 1 is 0.947 bits per heavy atom. The normalized spacial score (nSPS) is 13.0. The average molecular weight is 521 g/mol. The van der Waals surface area contributed by atoms with Crippen LogP contribution in [0.5, 0.6) is 0 Å². The maximum atomic E-state index is 13.9. The molecule has 8 heteroatoms. The number of amides is 1. The van der Waals surface area contributed by atoms with Crippen molar-refractivity contribution >= 4 is 16.9 Å². The highest BCUT2D eigenvalue weighted by Crippen LogP contribution is 2.17. The van der Waals surface area contributed by atoms with Crippen LogP contribution < -0.4 is 10.6 Å². The molecular formula is C30H34F2N4O2. The van der Waals surface area contributed by atoms with Crippen LogP contribution in [0.4, 0.5) is 8.78 Å². The Labute approximate surface area is 221 Å². The lowest BCUT2D eigenvalue weighted by Crippen LogP contribution is -2.49. The van der Waals surface area contributed by atoms with Crippen molar-refractivity contribution < 1.29 is 18.7 Å². The molecule has 1 heterocycles. The number of aryl methyl sites for hydroxylation is 2. The maximum absolute atomic E-state index is 13.9. The van der Waals surface area contributed by atoms with Crippen molar-refractivity contribution in [2.24, 2.45) is 0 Å². The molecule has 0 radical (unpaired) electrons. The minimum atomic E-state index is -0.996. The number of fused-ring (bicyclic) bond motifs is 1. The number of aromatic nitrogens is 2. The summed E-state index contributed by atoms with van der Waals surface area (Å²) in [7, 11) is 0. The van der Waals surface area contributed by atoms with E-state index in [-0.39, 0.29) is 25.4 Å². The number of para-hydroxylation sites is 2. The van der Waals surface area contributed by atoms with Crippen LogP contribution in [0.2, 0.25) is 0 Å². The molecule has 3 aromatic carbocycles. The summed E-state index contributed by atoms with van der Waals surface area (Å²) in [6, 6.07) is 18.3. The molecule has 1 amide bonds. The van der Waals surface area contributed by atoms with Gasteiger partial charge in [-0.25, -0.2) is 13.8 Å². The van der Waals surface area contributed by atoms with Crippen molar-refractivity contribution in [3.05, 3.63) is 101 Å². The Kier molecular flexibility index (Phi) is 9.20. The van der Waals surface area contributed by atoms with Gasteiger partial charge in [-0.05, 0) is 53.8 Å². The second-order valence-electron chi connectivity index (χ2n) is 9.48. The Balaban J connectivity index is 1.48. The molecular weight excluding hydrogens is 486 g/mol. The lowest BCUT2D eigenvalue weighted by molar-refractivity contribution is -0.123. The average Bonchev–Trinajstić information content (AvgIpc) is 3.25. The van der Waals surface area contributed by atoms with Gasteiger partial charge in [-0.3, -0.25) is 4.79 Å². The van der Waals surface area contributed by atoms with E-state index in [1.165, 1.54) is 17.7 Å². The highest BCUT2D eigenvalue weighted by molar-refractivity contribution is 5.81. The van der Waals surface area contributed by atoms with E-state index in [1.807, 2.05) is 47.9 Å². The highest BCUT2D eigenvalue weighted by atomic mass is 19.1. The number of halogens is 2. The Morgan fingerprint density at radius 3 is 2.42 bits per heavy atom. The van der Waals surface area contributed by atoms with Crippen LogP contribution in [0, 0.1) is 11.6 Å². The van der Waals surface area contributed by atoms with Crippen LogP contribution in [-0.4, -0.2) is 39.3 Å². The van der Waals surface area contributed by atoms with Crippen molar-refractivity contribution in [3.63, 3.8) is 0 Å². The van der Waals surface area contributed by atoms with Gasteiger partial charge in [0.2, 0.25) is 5.91 Å². The number of carbonyl (C=O) groups excluding carboxylic acids is 1. The van der Waals surface area contributed by atoms with Crippen LogP contribution in [-0.2, 0) is 37.1 Å². The minimum Gasteiger partial charge on any atom is -0.390 e. The first-order valence-corrected chi connectivity index (χ1v) is 13.0. The molecule has 4 rings (SSSR count). The molecule has 0 aliphatic carbocycles. The molecule has 0 aliphatic heterocycles. The second-order valence-corrected chi connectivity index (χ2v) is 9.48. The number of benzene rings is 3. The van der Waals surface area contributed by atoms with Gasteiger partial charge < -0.3 is 20.3 Å². The molecule has 0 saturated carbocycles. The summed E-state index contributed by atoms with van der Waals surface area (Å²) in [6.07, 6.45) is 0.658. The molecule has 0 unspecified atom stereocenters. The van der Waals surface area contributed by atoms with Gasteiger partial charge >= 0.3 is 0 Å². The number of carbonyl (C=O) groups is 1. The lowest BCUT2D eigenvalue weighted by Gasteiger charge is -2.25. The zero-order valence-corrected chi connectivity index (χ0v) is 21.8. The highest BCUT2D eigenvalue weighted by Gasteiger charge is 2.23. The largest absolute Gasteiger partial charge is 0.390 e. The minimum absolute atomic E-state index is 0.0155. The molecule has 38 heavy (non-hydrogen) atoms. The first-order valence-electron chi connectivity index (χ1n) is 13.0. The van der Waals surface area contributed by atoms with Gasteiger partial charge in [0.05, 0.1) is 23.2 Å². The topological polar surface area (TPSA) is 79.2 Å². The lowest BCUT2D eigenvalue weighted by atomic mass is 10.0. The van der Waals surface area contributed by atoms with Crippen LogP contribution >= 0.6 is 0 Å². The zero-order chi connectivity index (χ0) is 27.1. The van der Waals surface area contributed by atoms with Crippen molar-refractivity contribution in [3.8, 4) is 0 Å². The van der Waals surface area contributed by atoms with E-state index in [4.69, 9.17) is 0 Å². The van der Waals surface area contributed by atoms with E-state index in [2.05, 4.69) is 34.7 Å². The number of aliphatic hydroxyl groups excluding tert-OH is 1. The first-order chi connectivity index (χ1) is 18.4. The predicted octanol–water partition coefficient (Wildman–Crippen LogP) is 4.32. The number of nitrogens with zero attached hydrogens (tertiary/aromatic N) is 2. The third kappa shape index (κ3) is 7.02. The molecule has 4 aromatic rings. The van der Waals surface area contributed by atoms with E-state index < -0.39 is 23.8 Å². The summed E-state index contributed by atoms with van der Waals surface area (Å²) in [5.41, 5.74) is 4.31. The fourth-order valence-electron chi connectivity index (χ4n) is 4.70. The maximum Gasteiger partial charge on any atom is 0.240 e. The van der Waals surface area contributed by atoms with E-state index in [0.29, 0.717) is 18.5 Å². The molecule has 0 aliphatic rings. The van der Waals surface area contributed by atoms with Crippen LogP contribution in [0.25, 0.3) is 11.0 Å². The fraction of sp³-hybridized carbons (Fsp3) is 0.333. The van der Waals surface area contributed by atoms with Crippen molar-refractivity contribution in [1.82, 2.24) is 20.2 Å². The third-order valence-corrected chi connectivity index (χ3v) is 6.62. The van der Waals surface area contributed by atoms with Gasteiger partial charge in [0.25, 0.3) is 0 Å². The molecule has 2 atom stereocenters. The second kappa shape index (κ2) is 12.8. The third-order valence-electron chi connectivity index (χ3n) is 6.62. The Morgan fingerprint density at radius 2 is 1.68 bits per heavy atom. The molecule has 6 nitrogen and oxygen atoms in total. The monoisotopic (exact) mass is 520 g/mol. The van der Waals surface area contributed by atoms with Gasteiger partial charge in [0.1, 0.15) is 24.0 Å². The summed E-state index contributed by atoms with van der Waals surface area (Å²) in [5, 5.41) is 17.2. The SMILES string of the molecule is CCc1cccc(CNC[C@H](O)[C@H](Cc2cc(F)cc(F)c2)NC(=O)Cn2c(CC)nc3ccccc32)c1. The van der Waals surface area contributed by atoms with Crippen molar-refractivity contribution in [2.45, 2.75) is 58.3 Å². The number of imidazole rings is 1. The van der Waals surface area contributed by atoms with Crippen LogP contribution in [0.1, 0.15) is 36.4 Å². The zero-order valence-electron chi connectivity index (χ0n) is 21.8. The molecule has 0 spiro atoms. The quantitative estimate of drug-likeness (QED) is 0.260. The molecule has 0 saturated heterocycles. The van der Waals surface area contributed by atoms with E-state index in [9.17, 15) is 18.7 Å². The van der Waals surface area contributed by atoms with E-state index in [0.717, 1.165) is 34.9 Å². The molecule has 200 valence electrons. The van der Waals surface area contributed by atoms with Crippen molar-refractivity contribution in [1.29, 1.82) is 0 Å². The van der Waals surface area contributed by atoms with Gasteiger partial charge in [-0.15, -0.1) is 0 Å². The predicted molar refractivity (Wildman–Crippen MR) is 145 cm³/mol. The Bertz CT molecular complexity index is 1370. The van der Waals surface area contributed by atoms with Crippen LogP contribution in [0.3, 0.4) is 0 Å². The van der Waals surface area contributed by atoms with Gasteiger partial charge in [-0.2, -0.15) is 0 Å².